The maximum Gasteiger partial charge on any atom is 0.410 e. The SMILES string of the molecule is O=C(NC(c1ccccc1)(c1ccccc1)c1ccccc1)[C@@H]1C[C@@H](O)CN1C(=O)OCc1ccccc1. The van der Waals surface area contributed by atoms with Crippen molar-refractivity contribution in [2.75, 3.05) is 6.54 Å². The Bertz CT molecular complexity index is 1250. The zero-order chi connectivity index (χ0) is 26.4. The van der Waals surface area contributed by atoms with E-state index in [1.165, 1.54) is 4.90 Å². The third-order valence-electron chi connectivity index (χ3n) is 6.95. The minimum absolute atomic E-state index is 0.0285. The lowest BCUT2D eigenvalue weighted by molar-refractivity contribution is -0.126. The Kier molecular flexibility index (Phi) is 7.52. The van der Waals surface area contributed by atoms with Gasteiger partial charge in [0.2, 0.25) is 5.91 Å². The van der Waals surface area contributed by atoms with Crippen molar-refractivity contribution in [1.82, 2.24) is 10.2 Å². The summed E-state index contributed by atoms with van der Waals surface area (Å²) in [7, 11) is 0. The molecule has 1 saturated heterocycles. The van der Waals surface area contributed by atoms with Crippen LogP contribution in [0.3, 0.4) is 0 Å². The van der Waals surface area contributed by atoms with Crippen LogP contribution in [0.5, 0.6) is 0 Å². The molecule has 6 heteroatoms. The van der Waals surface area contributed by atoms with Gasteiger partial charge < -0.3 is 15.2 Å². The van der Waals surface area contributed by atoms with Crippen LogP contribution >= 0.6 is 0 Å². The van der Waals surface area contributed by atoms with E-state index in [9.17, 15) is 14.7 Å². The number of aliphatic hydroxyl groups is 1. The molecule has 0 spiro atoms. The summed E-state index contributed by atoms with van der Waals surface area (Å²) in [5.74, 6) is -0.366. The molecule has 2 N–H and O–H groups in total. The molecule has 0 bridgehead atoms. The summed E-state index contributed by atoms with van der Waals surface area (Å²) in [4.78, 5) is 28.4. The Morgan fingerprint density at radius 3 is 1.68 bits per heavy atom. The molecular formula is C32H30N2O4. The molecule has 1 heterocycles. The molecule has 5 rings (SSSR count). The average molecular weight is 507 g/mol. The van der Waals surface area contributed by atoms with Gasteiger partial charge in [-0.15, -0.1) is 0 Å². The number of hydrogen-bond donors (Lipinski definition) is 2. The second-order valence-electron chi connectivity index (χ2n) is 9.44. The fourth-order valence-electron chi connectivity index (χ4n) is 5.12. The van der Waals surface area contributed by atoms with Crippen molar-refractivity contribution in [2.24, 2.45) is 0 Å². The van der Waals surface area contributed by atoms with Crippen molar-refractivity contribution in [3.63, 3.8) is 0 Å². The molecule has 2 amide bonds. The van der Waals surface area contributed by atoms with Gasteiger partial charge in [-0.05, 0) is 22.3 Å². The Balaban J connectivity index is 1.49. The quantitative estimate of drug-likeness (QED) is 0.351. The maximum absolute atomic E-state index is 14.0. The van der Waals surface area contributed by atoms with Crippen molar-refractivity contribution < 1.29 is 19.4 Å². The molecule has 192 valence electrons. The van der Waals surface area contributed by atoms with Crippen molar-refractivity contribution in [2.45, 2.75) is 30.7 Å². The van der Waals surface area contributed by atoms with E-state index in [0.29, 0.717) is 0 Å². The molecule has 4 aromatic rings. The predicted octanol–water partition coefficient (Wildman–Crippen LogP) is 4.87. The Hall–Kier alpha value is -4.42. The van der Waals surface area contributed by atoms with Crippen LogP contribution in [-0.4, -0.2) is 40.7 Å². The van der Waals surface area contributed by atoms with Crippen LogP contribution in [0.1, 0.15) is 28.7 Å². The van der Waals surface area contributed by atoms with Crippen molar-refractivity contribution >= 4 is 12.0 Å². The first-order valence-electron chi connectivity index (χ1n) is 12.7. The number of ether oxygens (including phenoxy) is 1. The van der Waals surface area contributed by atoms with Crippen LogP contribution < -0.4 is 5.32 Å². The van der Waals surface area contributed by atoms with Crippen LogP contribution in [0.4, 0.5) is 4.79 Å². The molecule has 1 fully saturated rings. The van der Waals surface area contributed by atoms with Crippen LogP contribution in [-0.2, 0) is 21.7 Å². The third kappa shape index (κ3) is 5.17. The van der Waals surface area contributed by atoms with E-state index < -0.39 is 23.8 Å². The van der Waals surface area contributed by atoms with E-state index in [2.05, 4.69) is 5.32 Å². The van der Waals surface area contributed by atoms with E-state index in [1.54, 1.807) is 0 Å². The van der Waals surface area contributed by atoms with Gasteiger partial charge in [-0.3, -0.25) is 9.69 Å². The number of benzene rings is 4. The zero-order valence-corrected chi connectivity index (χ0v) is 20.9. The number of likely N-dealkylation sites (tertiary alicyclic amines) is 1. The summed E-state index contributed by atoms with van der Waals surface area (Å²) in [5.41, 5.74) is 2.46. The summed E-state index contributed by atoms with van der Waals surface area (Å²) in [6.07, 6.45) is -1.33. The first kappa shape index (κ1) is 25.2. The van der Waals surface area contributed by atoms with E-state index in [1.807, 2.05) is 121 Å². The minimum atomic E-state index is -1.02. The third-order valence-corrected chi connectivity index (χ3v) is 6.95. The zero-order valence-electron chi connectivity index (χ0n) is 20.9. The maximum atomic E-state index is 14.0. The van der Waals surface area contributed by atoms with Gasteiger partial charge in [0.1, 0.15) is 18.2 Å². The number of aliphatic hydroxyl groups excluding tert-OH is 1. The highest BCUT2D eigenvalue weighted by Gasteiger charge is 2.44. The second kappa shape index (κ2) is 11.3. The number of amides is 2. The topological polar surface area (TPSA) is 78.9 Å². The summed E-state index contributed by atoms with van der Waals surface area (Å²) in [5, 5.41) is 13.8. The molecule has 0 aromatic heterocycles. The summed E-state index contributed by atoms with van der Waals surface area (Å²) in [6.45, 7) is 0.114. The van der Waals surface area contributed by atoms with Gasteiger partial charge in [-0.25, -0.2) is 4.79 Å². The van der Waals surface area contributed by atoms with Crippen LogP contribution in [0.25, 0.3) is 0 Å². The Labute approximate surface area is 222 Å². The molecule has 38 heavy (non-hydrogen) atoms. The van der Waals surface area contributed by atoms with Gasteiger partial charge in [-0.1, -0.05) is 121 Å². The number of β-amino-alcohol motifs (C(OH)–C–C–N with tert-alkyl or cyclic N) is 1. The number of hydrogen-bond acceptors (Lipinski definition) is 4. The molecule has 1 aliphatic heterocycles. The molecule has 0 radical (unpaired) electrons. The highest BCUT2D eigenvalue weighted by Crippen LogP contribution is 2.37. The average Bonchev–Trinajstić information content (AvgIpc) is 3.38. The number of nitrogens with one attached hydrogen (secondary N) is 1. The monoisotopic (exact) mass is 506 g/mol. The smallest absolute Gasteiger partial charge is 0.410 e. The lowest BCUT2D eigenvalue weighted by Gasteiger charge is -2.38. The highest BCUT2D eigenvalue weighted by atomic mass is 16.6. The Morgan fingerprint density at radius 1 is 0.763 bits per heavy atom. The lowest BCUT2D eigenvalue weighted by Crippen LogP contribution is -2.54. The number of nitrogens with zero attached hydrogens (tertiary/aromatic N) is 1. The fourth-order valence-corrected chi connectivity index (χ4v) is 5.12. The van der Waals surface area contributed by atoms with Gasteiger partial charge in [0.15, 0.2) is 0 Å². The van der Waals surface area contributed by atoms with Crippen molar-refractivity contribution in [1.29, 1.82) is 0 Å². The van der Waals surface area contributed by atoms with E-state index >= 15 is 0 Å². The molecule has 1 aliphatic rings. The molecule has 6 nitrogen and oxygen atoms in total. The number of carbonyl (C=O) groups excluding carboxylic acids is 2. The largest absolute Gasteiger partial charge is 0.445 e. The van der Waals surface area contributed by atoms with Crippen LogP contribution in [0, 0.1) is 0 Å². The molecule has 0 aliphatic carbocycles. The fraction of sp³-hybridized carbons (Fsp3) is 0.188. The van der Waals surface area contributed by atoms with Crippen LogP contribution in [0.2, 0.25) is 0 Å². The van der Waals surface area contributed by atoms with Gasteiger partial charge in [-0.2, -0.15) is 0 Å². The lowest BCUT2D eigenvalue weighted by atomic mass is 9.76. The molecule has 0 saturated carbocycles. The Morgan fingerprint density at radius 2 is 1.21 bits per heavy atom. The molecular weight excluding hydrogens is 476 g/mol. The van der Waals surface area contributed by atoms with Crippen molar-refractivity contribution in [3.8, 4) is 0 Å². The molecule has 4 aromatic carbocycles. The van der Waals surface area contributed by atoms with Gasteiger partial charge in [0.05, 0.1) is 12.6 Å². The number of carbonyl (C=O) groups is 2. The first-order chi connectivity index (χ1) is 18.6. The first-order valence-corrected chi connectivity index (χ1v) is 12.7. The number of rotatable bonds is 7. The molecule has 0 unspecified atom stereocenters. The summed E-state index contributed by atoms with van der Waals surface area (Å²) < 4.78 is 5.52. The minimum Gasteiger partial charge on any atom is -0.445 e. The summed E-state index contributed by atoms with van der Waals surface area (Å²) >= 11 is 0. The van der Waals surface area contributed by atoms with E-state index in [-0.39, 0.29) is 25.5 Å². The van der Waals surface area contributed by atoms with E-state index in [4.69, 9.17) is 4.74 Å². The standard InChI is InChI=1S/C32H30N2O4/c35-28-21-29(34(22-28)31(37)38-23-24-13-5-1-6-14-24)30(36)33-32(25-15-7-2-8-16-25,26-17-9-3-10-18-26)27-19-11-4-12-20-27/h1-20,28-29,35H,21-23H2,(H,33,36)/t28-,29+/m1/s1. The van der Waals surface area contributed by atoms with Crippen molar-refractivity contribution in [3.05, 3.63) is 144 Å². The normalized spacial score (nSPS) is 17.1. The predicted molar refractivity (Wildman–Crippen MR) is 145 cm³/mol. The summed E-state index contributed by atoms with van der Waals surface area (Å²) in [6, 6.07) is 37.8. The van der Waals surface area contributed by atoms with Gasteiger partial charge in [0.25, 0.3) is 0 Å². The second-order valence-corrected chi connectivity index (χ2v) is 9.44. The van der Waals surface area contributed by atoms with E-state index in [0.717, 1.165) is 22.3 Å². The highest BCUT2D eigenvalue weighted by molar-refractivity contribution is 5.88. The van der Waals surface area contributed by atoms with Crippen LogP contribution in [0.15, 0.2) is 121 Å². The van der Waals surface area contributed by atoms with Gasteiger partial charge in [0, 0.05) is 6.42 Å². The van der Waals surface area contributed by atoms with Gasteiger partial charge >= 0.3 is 6.09 Å². The molecule has 2 atom stereocenters.